The van der Waals surface area contributed by atoms with Crippen LogP contribution in [-0.2, 0) is 10.3 Å². The van der Waals surface area contributed by atoms with Gasteiger partial charge in [-0.05, 0) is 22.6 Å². The number of aliphatic carboxylic acids is 1. The minimum Gasteiger partial charge on any atom is -0.481 e. The van der Waals surface area contributed by atoms with Crippen molar-refractivity contribution in [3.8, 4) is 0 Å². The van der Waals surface area contributed by atoms with E-state index in [1.807, 2.05) is 37.6 Å². The van der Waals surface area contributed by atoms with Crippen LogP contribution in [0.5, 0.6) is 0 Å². The Balaban J connectivity index is 1.75. The SMILES string of the molecule is CC1[C@@H](C(=O)O)[C@@H]1c1cn(C(c2ccccc2)(c2ccccc2)c2ccccc2)cn1. The van der Waals surface area contributed by atoms with Crippen molar-refractivity contribution in [2.75, 3.05) is 0 Å². The molecular formula is C27H24N2O2. The third-order valence-electron chi connectivity index (χ3n) is 6.57. The van der Waals surface area contributed by atoms with Gasteiger partial charge < -0.3 is 9.67 Å². The van der Waals surface area contributed by atoms with Gasteiger partial charge >= 0.3 is 5.97 Å². The molecule has 0 saturated heterocycles. The second-order valence-electron chi connectivity index (χ2n) is 8.26. The first-order valence-corrected chi connectivity index (χ1v) is 10.6. The van der Waals surface area contributed by atoms with Gasteiger partial charge in [0.2, 0.25) is 0 Å². The van der Waals surface area contributed by atoms with Crippen molar-refractivity contribution in [2.45, 2.75) is 18.4 Å². The quantitative estimate of drug-likeness (QED) is 0.449. The molecule has 0 amide bonds. The van der Waals surface area contributed by atoms with Crippen molar-refractivity contribution in [1.29, 1.82) is 0 Å². The molecule has 1 aliphatic rings. The van der Waals surface area contributed by atoms with Crippen molar-refractivity contribution in [3.63, 3.8) is 0 Å². The van der Waals surface area contributed by atoms with E-state index in [9.17, 15) is 9.90 Å². The molecule has 4 nitrogen and oxygen atoms in total. The second-order valence-corrected chi connectivity index (χ2v) is 8.26. The number of hydrogen-bond donors (Lipinski definition) is 1. The predicted octanol–water partition coefficient (Wildman–Crippen LogP) is 5.16. The minimum atomic E-state index is -0.743. The predicted molar refractivity (Wildman–Crippen MR) is 120 cm³/mol. The van der Waals surface area contributed by atoms with Gasteiger partial charge in [-0.2, -0.15) is 0 Å². The molecule has 0 bridgehead atoms. The molecule has 0 aliphatic heterocycles. The summed E-state index contributed by atoms with van der Waals surface area (Å²) >= 11 is 0. The molecule has 1 aromatic heterocycles. The van der Waals surface area contributed by atoms with Gasteiger partial charge in [0.15, 0.2) is 0 Å². The number of carbonyl (C=O) groups is 1. The lowest BCUT2D eigenvalue weighted by atomic mass is 9.77. The zero-order valence-corrected chi connectivity index (χ0v) is 17.3. The van der Waals surface area contributed by atoms with Gasteiger partial charge in [-0.25, -0.2) is 4.98 Å². The fraction of sp³-hybridized carbons (Fsp3) is 0.185. The Bertz CT molecular complexity index is 1090. The van der Waals surface area contributed by atoms with Gasteiger partial charge in [0.1, 0.15) is 5.54 Å². The van der Waals surface area contributed by atoms with Crippen molar-refractivity contribution < 1.29 is 9.90 Å². The molecule has 1 aliphatic carbocycles. The van der Waals surface area contributed by atoms with E-state index in [0.29, 0.717) is 0 Å². The summed E-state index contributed by atoms with van der Waals surface area (Å²) in [6.07, 6.45) is 3.89. The van der Waals surface area contributed by atoms with E-state index in [-0.39, 0.29) is 17.8 Å². The molecule has 31 heavy (non-hydrogen) atoms. The highest BCUT2D eigenvalue weighted by molar-refractivity contribution is 5.75. The first kappa shape index (κ1) is 19.3. The van der Waals surface area contributed by atoms with Crippen LogP contribution in [0.15, 0.2) is 104 Å². The van der Waals surface area contributed by atoms with Gasteiger partial charge in [-0.3, -0.25) is 4.79 Å². The standard InChI is InChI=1S/C27H24N2O2/c1-19-24(25(19)26(30)31)23-17-29(18-28-23)27(20-11-5-2-6-12-20,21-13-7-3-8-14-21)22-15-9-4-10-16-22/h2-19,24-25H,1H3,(H,30,31)/t19?,24-,25+/m0/s1. The smallest absolute Gasteiger partial charge is 0.307 e. The molecule has 1 N–H and O–H groups in total. The van der Waals surface area contributed by atoms with Crippen molar-refractivity contribution in [2.24, 2.45) is 11.8 Å². The number of aromatic nitrogens is 2. The Kier molecular flexibility index (Phi) is 4.70. The average Bonchev–Trinajstić information content (AvgIpc) is 3.25. The van der Waals surface area contributed by atoms with E-state index in [4.69, 9.17) is 4.98 Å². The Morgan fingerprint density at radius 2 is 1.29 bits per heavy atom. The molecular weight excluding hydrogens is 384 g/mol. The summed E-state index contributed by atoms with van der Waals surface area (Å²) in [5.74, 6) is -1.05. The Morgan fingerprint density at radius 3 is 1.68 bits per heavy atom. The summed E-state index contributed by atoms with van der Waals surface area (Å²) in [5, 5.41) is 9.52. The topological polar surface area (TPSA) is 55.1 Å². The Hall–Kier alpha value is -3.66. The number of benzene rings is 3. The van der Waals surface area contributed by atoms with Crippen molar-refractivity contribution in [3.05, 3.63) is 126 Å². The highest BCUT2D eigenvalue weighted by atomic mass is 16.4. The number of carboxylic acids is 1. The third-order valence-corrected chi connectivity index (χ3v) is 6.57. The number of imidazole rings is 1. The molecule has 0 spiro atoms. The van der Waals surface area contributed by atoms with E-state index in [0.717, 1.165) is 22.4 Å². The lowest BCUT2D eigenvalue weighted by Gasteiger charge is -2.37. The van der Waals surface area contributed by atoms with E-state index >= 15 is 0 Å². The highest BCUT2D eigenvalue weighted by Gasteiger charge is 2.54. The van der Waals surface area contributed by atoms with Crippen LogP contribution in [0.3, 0.4) is 0 Å². The van der Waals surface area contributed by atoms with E-state index in [2.05, 4.69) is 77.4 Å². The van der Waals surface area contributed by atoms with Crippen LogP contribution in [0.1, 0.15) is 35.2 Å². The van der Waals surface area contributed by atoms with Gasteiger partial charge in [-0.15, -0.1) is 0 Å². The summed E-state index contributed by atoms with van der Waals surface area (Å²) in [6.45, 7) is 1.99. The Morgan fingerprint density at radius 1 is 0.839 bits per heavy atom. The molecule has 4 heteroatoms. The Labute approximate surface area is 181 Å². The van der Waals surface area contributed by atoms with Gasteiger partial charge in [0.25, 0.3) is 0 Å². The van der Waals surface area contributed by atoms with Gasteiger partial charge in [-0.1, -0.05) is 97.9 Å². The van der Waals surface area contributed by atoms with Gasteiger partial charge in [0, 0.05) is 12.1 Å². The number of nitrogens with zero attached hydrogens (tertiary/aromatic N) is 2. The van der Waals surface area contributed by atoms with E-state index in [1.54, 1.807) is 0 Å². The summed E-state index contributed by atoms with van der Waals surface area (Å²) in [7, 11) is 0. The van der Waals surface area contributed by atoms with Crippen LogP contribution in [0.25, 0.3) is 0 Å². The molecule has 1 saturated carbocycles. The summed E-state index contributed by atoms with van der Waals surface area (Å²) in [6, 6.07) is 31.2. The van der Waals surface area contributed by atoms with E-state index < -0.39 is 11.5 Å². The first-order valence-electron chi connectivity index (χ1n) is 10.6. The van der Waals surface area contributed by atoms with Crippen LogP contribution < -0.4 is 0 Å². The van der Waals surface area contributed by atoms with Crippen LogP contribution in [-0.4, -0.2) is 20.6 Å². The van der Waals surface area contributed by atoms with Crippen LogP contribution in [0.4, 0.5) is 0 Å². The monoisotopic (exact) mass is 408 g/mol. The minimum absolute atomic E-state index is 0.0428. The zero-order valence-electron chi connectivity index (χ0n) is 17.3. The maximum absolute atomic E-state index is 11.6. The molecule has 1 fully saturated rings. The largest absolute Gasteiger partial charge is 0.481 e. The molecule has 3 atom stereocenters. The highest BCUT2D eigenvalue weighted by Crippen LogP contribution is 2.53. The number of hydrogen-bond acceptors (Lipinski definition) is 2. The van der Waals surface area contributed by atoms with Gasteiger partial charge in [0.05, 0.1) is 17.9 Å². The summed E-state index contributed by atoms with van der Waals surface area (Å²) < 4.78 is 2.15. The number of carboxylic acid groups (broad SMARTS) is 1. The normalized spacial score (nSPS) is 20.4. The van der Waals surface area contributed by atoms with Crippen LogP contribution in [0.2, 0.25) is 0 Å². The van der Waals surface area contributed by atoms with Crippen LogP contribution >= 0.6 is 0 Å². The summed E-state index contributed by atoms with van der Waals surface area (Å²) in [5.41, 5.74) is 3.58. The molecule has 1 unspecified atom stereocenters. The molecule has 154 valence electrons. The average molecular weight is 409 g/mol. The van der Waals surface area contributed by atoms with Crippen molar-refractivity contribution in [1.82, 2.24) is 9.55 Å². The maximum Gasteiger partial charge on any atom is 0.307 e. The van der Waals surface area contributed by atoms with Crippen molar-refractivity contribution >= 4 is 5.97 Å². The number of rotatable bonds is 6. The lowest BCUT2D eigenvalue weighted by molar-refractivity contribution is -0.138. The zero-order chi connectivity index (χ0) is 21.4. The molecule has 1 heterocycles. The lowest BCUT2D eigenvalue weighted by Crippen LogP contribution is -2.36. The molecule has 4 aromatic rings. The van der Waals surface area contributed by atoms with E-state index in [1.165, 1.54) is 0 Å². The molecule has 5 rings (SSSR count). The third kappa shape index (κ3) is 3.07. The molecule has 0 radical (unpaired) electrons. The molecule has 3 aromatic carbocycles. The second kappa shape index (κ2) is 7.55. The fourth-order valence-electron chi connectivity index (χ4n) is 4.97. The van der Waals surface area contributed by atoms with Crippen LogP contribution in [0, 0.1) is 11.8 Å². The summed E-state index contributed by atoms with van der Waals surface area (Å²) in [4.78, 5) is 16.3. The first-order chi connectivity index (χ1) is 15.1. The maximum atomic E-state index is 11.6. The fourth-order valence-corrected chi connectivity index (χ4v) is 4.97.